The Bertz CT molecular complexity index is 842. The highest BCUT2D eigenvalue weighted by molar-refractivity contribution is 6.35. The lowest BCUT2D eigenvalue weighted by Crippen LogP contribution is -2.45. The van der Waals surface area contributed by atoms with E-state index in [1.165, 1.54) is 5.56 Å². The van der Waals surface area contributed by atoms with Gasteiger partial charge in [-0.3, -0.25) is 9.59 Å². The molecule has 1 aliphatic rings. The Labute approximate surface area is 171 Å². The van der Waals surface area contributed by atoms with E-state index in [9.17, 15) is 9.59 Å². The molecule has 2 amide bonds. The Balaban J connectivity index is 1.57. The zero-order chi connectivity index (χ0) is 20.7. The lowest BCUT2D eigenvalue weighted by atomic mass is 9.78. The van der Waals surface area contributed by atoms with Gasteiger partial charge in [-0.05, 0) is 48.2 Å². The summed E-state index contributed by atoms with van der Waals surface area (Å²) in [7, 11) is 3.23. The molecule has 3 rings (SSSR count). The normalized spacial score (nSPS) is 14.8. The third-order valence-corrected chi connectivity index (χ3v) is 5.64. The van der Waals surface area contributed by atoms with Crippen molar-refractivity contribution in [2.45, 2.75) is 37.6 Å². The third-order valence-electron chi connectivity index (χ3n) is 5.64. The number of benzene rings is 2. The minimum Gasteiger partial charge on any atom is -0.497 e. The van der Waals surface area contributed by atoms with Gasteiger partial charge in [-0.1, -0.05) is 37.1 Å². The van der Waals surface area contributed by atoms with Gasteiger partial charge in [0.05, 0.1) is 14.2 Å². The van der Waals surface area contributed by atoms with E-state index in [1.54, 1.807) is 14.2 Å². The van der Waals surface area contributed by atoms with E-state index in [0.29, 0.717) is 12.3 Å². The molecule has 6 heteroatoms. The zero-order valence-electron chi connectivity index (χ0n) is 17.0. The molecule has 2 N–H and O–H groups in total. The molecule has 0 aliphatic heterocycles. The van der Waals surface area contributed by atoms with Crippen molar-refractivity contribution in [2.24, 2.45) is 0 Å². The van der Waals surface area contributed by atoms with Crippen LogP contribution in [0.2, 0.25) is 0 Å². The Morgan fingerprint density at radius 1 is 0.897 bits per heavy atom. The topological polar surface area (TPSA) is 76.7 Å². The molecule has 0 spiro atoms. The van der Waals surface area contributed by atoms with Crippen LogP contribution in [0.25, 0.3) is 0 Å². The van der Waals surface area contributed by atoms with Crippen molar-refractivity contribution < 1.29 is 19.1 Å². The number of hydrogen-bond acceptors (Lipinski definition) is 4. The van der Waals surface area contributed by atoms with Gasteiger partial charge < -0.3 is 20.1 Å². The van der Waals surface area contributed by atoms with Crippen LogP contribution in [0.1, 0.15) is 36.8 Å². The zero-order valence-corrected chi connectivity index (χ0v) is 17.0. The fraction of sp³-hybridized carbons (Fsp3) is 0.391. The second-order valence-corrected chi connectivity index (χ2v) is 7.43. The molecule has 2 aromatic carbocycles. The first-order valence-electron chi connectivity index (χ1n) is 9.90. The van der Waals surface area contributed by atoms with E-state index in [-0.39, 0.29) is 12.0 Å². The van der Waals surface area contributed by atoms with Crippen LogP contribution in [0.4, 0.5) is 0 Å². The molecular formula is C23H28N2O4. The molecule has 0 bridgehead atoms. The van der Waals surface area contributed by atoms with Gasteiger partial charge in [-0.2, -0.15) is 0 Å². The van der Waals surface area contributed by atoms with Crippen LogP contribution in [0, 0.1) is 0 Å². The van der Waals surface area contributed by atoms with Gasteiger partial charge >= 0.3 is 11.8 Å². The van der Waals surface area contributed by atoms with E-state index in [4.69, 9.17) is 9.47 Å². The number of carbonyl (C=O) groups excluding carboxylic acids is 2. The van der Waals surface area contributed by atoms with E-state index in [2.05, 4.69) is 22.8 Å². The number of carbonyl (C=O) groups is 2. The second kappa shape index (κ2) is 9.45. The Kier molecular flexibility index (Phi) is 6.75. The SMILES string of the molecule is COc1ccc(C2(CNC(=O)C(=O)NCc3cccc(OC)c3)CCCC2)cc1. The first-order valence-corrected chi connectivity index (χ1v) is 9.90. The average molecular weight is 396 g/mol. The van der Waals surface area contributed by atoms with Crippen molar-refractivity contribution in [3.63, 3.8) is 0 Å². The van der Waals surface area contributed by atoms with Crippen LogP contribution in [-0.2, 0) is 21.5 Å². The lowest BCUT2D eigenvalue weighted by Gasteiger charge is -2.30. The van der Waals surface area contributed by atoms with Gasteiger partial charge in [0.25, 0.3) is 0 Å². The number of rotatable bonds is 7. The van der Waals surface area contributed by atoms with Crippen LogP contribution >= 0.6 is 0 Å². The molecule has 2 aromatic rings. The van der Waals surface area contributed by atoms with E-state index in [0.717, 1.165) is 37.0 Å². The summed E-state index contributed by atoms with van der Waals surface area (Å²) in [6, 6.07) is 15.4. The fourth-order valence-electron chi connectivity index (χ4n) is 3.94. The summed E-state index contributed by atoms with van der Waals surface area (Å²) >= 11 is 0. The molecule has 0 saturated heterocycles. The lowest BCUT2D eigenvalue weighted by molar-refractivity contribution is -0.139. The molecule has 1 aliphatic carbocycles. The molecule has 0 heterocycles. The maximum atomic E-state index is 12.4. The molecule has 1 saturated carbocycles. The number of amides is 2. The quantitative estimate of drug-likeness (QED) is 0.706. The van der Waals surface area contributed by atoms with E-state index >= 15 is 0 Å². The minimum atomic E-state index is -0.629. The number of hydrogen-bond donors (Lipinski definition) is 2. The molecule has 0 radical (unpaired) electrons. The highest BCUT2D eigenvalue weighted by Gasteiger charge is 2.36. The van der Waals surface area contributed by atoms with Crippen LogP contribution in [0.3, 0.4) is 0 Å². The molecular weight excluding hydrogens is 368 g/mol. The van der Waals surface area contributed by atoms with Gasteiger partial charge in [-0.15, -0.1) is 0 Å². The molecule has 0 aromatic heterocycles. The summed E-state index contributed by atoms with van der Waals surface area (Å²) in [5.74, 6) is 0.287. The highest BCUT2D eigenvalue weighted by atomic mass is 16.5. The first kappa shape index (κ1) is 20.7. The van der Waals surface area contributed by atoms with Crippen LogP contribution in [-0.4, -0.2) is 32.6 Å². The Morgan fingerprint density at radius 3 is 2.21 bits per heavy atom. The van der Waals surface area contributed by atoms with Crippen LogP contribution in [0.5, 0.6) is 11.5 Å². The van der Waals surface area contributed by atoms with Crippen LogP contribution in [0.15, 0.2) is 48.5 Å². The van der Waals surface area contributed by atoms with Crippen molar-refractivity contribution in [2.75, 3.05) is 20.8 Å². The smallest absolute Gasteiger partial charge is 0.309 e. The van der Waals surface area contributed by atoms with Gasteiger partial charge in [0, 0.05) is 18.5 Å². The molecule has 154 valence electrons. The third kappa shape index (κ3) is 5.08. The van der Waals surface area contributed by atoms with Crippen molar-refractivity contribution >= 4 is 11.8 Å². The number of nitrogens with one attached hydrogen (secondary N) is 2. The monoisotopic (exact) mass is 396 g/mol. The summed E-state index contributed by atoms with van der Waals surface area (Å²) < 4.78 is 10.4. The molecule has 0 unspecified atom stereocenters. The maximum Gasteiger partial charge on any atom is 0.309 e. The largest absolute Gasteiger partial charge is 0.497 e. The van der Waals surface area contributed by atoms with Gasteiger partial charge in [0.1, 0.15) is 11.5 Å². The standard InChI is InChI=1S/C23H28N2O4/c1-28-19-10-8-18(9-11-19)23(12-3-4-13-23)16-25-22(27)21(26)24-15-17-6-5-7-20(14-17)29-2/h5-11,14H,3-4,12-13,15-16H2,1-2H3,(H,24,26)(H,25,27). The average Bonchev–Trinajstić information content (AvgIpc) is 3.26. The number of methoxy groups -OCH3 is 2. The van der Waals surface area contributed by atoms with E-state index in [1.807, 2.05) is 36.4 Å². The Morgan fingerprint density at radius 2 is 1.55 bits per heavy atom. The van der Waals surface area contributed by atoms with Crippen molar-refractivity contribution in [3.05, 3.63) is 59.7 Å². The summed E-state index contributed by atoms with van der Waals surface area (Å²) in [5, 5.41) is 5.51. The summed E-state index contributed by atoms with van der Waals surface area (Å²) in [6.45, 7) is 0.720. The van der Waals surface area contributed by atoms with Gasteiger partial charge in [-0.25, -0.2) is 0 Å². The second-order valence-electron chi connectivity index (χ2n) is 7.43. The first-order chi connectivity index (χ1) is 14.1. The molecule has 29 heavy (non-hydrogen) atoms. The van der Waals surface area contributed by atoms with Gasteiger partial charge in [0.2, 0.25) is 0 Å². The summed E-state index contributed by atoms with van der Waals surface area (Å²) in [5.41, 5.74) is 1.92. The Hall–Kier alpha value is -3.02. The van der Waals surface area contributed by atoms with Gasteiger partial charge in [0.15, 0.2) is 0 Å². The van der Waals surface area contributed by atoms with Crippen molar-refractivity contribution in [3.8, 4) is 11.5 Å². The van der Waals surface area contributed by atoms with Crippen molar-refractivity contribution in [1.29, 1.82) is 0 Å². The minimum absolute atomic E-state index is 0.130. The molecule has 0 atom stereocenters. The maximum absolute atomic E-state index is 12.4. The predicted molar refractivity (Wildman–Crippen MR) is 111 cm³/mol. The summed E-state index contributed by atoms with van der Waals surface area (Å²) in [6.07, 6.45) is 4.21. The molecule has 1 fully saturated rings. The fourth-order valence-corrected chi connectivity index (χ4v) is 3.94. The van der Waals surface area contributed by atoms with Crippen LogP contribution < -0.4 is 20.1 Å². The van der Waals surface area contributed by atoms with Crippen molar-refractivity contribution in [1.82, 2.24) is 10.6 Å². The molecule has 6 nitrogen and oxygen atoms in total. The van der Waals surface area contributed by atoms with E-state index < -0.39 is 11.8 Å². The highest BCUT2D eigenvalue weighted by Crippen LogP contribution is 2.41. The summed E-state index contributed by atoms with van der Waals surface area (Å²) in [4.78, 5) is 24.6. The number of ether oxygens (including phenoxy) is 2. The predicted octanol–water partition coefficient (Wildman–Crippen LogP) is 2.95.